The summed E-state index contributed by atoms with van der Waals surface area (Å²) in [7, 11) is 0. The Morgan fingerprint density at radius 2 is 1.69 bits per heavy atom. The van der Waals surface area contributed by atoms with Crippen LogP contribution in [0.15, 0.2) is 0 Å². The van der Waals surface area contributed by atoms with E-state index in [0.29, 0.717) is 6.41 Å². The smallest absolute Gasteiger partial charge is 0.331 e. The zero-order chi connectivity index (χ0) is 10.7. The molecule has 0 aliphatic carbocycles. The summed E-state index contributed by atoms with van der Waals surface area (Å²) in [4.78, 5) is 21.6. The summed E-state index contributed by atoms with van der Waals surface area (Å²) in [5, 5.41) is 2.39. The van der Waals surface area contributed by atoms with Gasteiger partial charge in [-0.25, -0.2) is 4.79 Å². The molecule has 0 fully saturated rings. The molecule has 0 bridgehead atoms. The number of carbonyl (C=O) groups is 2. The molecule has 4 heteroatoms. The first-order valence-electron chi connectivity index (χ1n) is 4.14. The van der Waals surface area contributed by atoms with Crippen LogP contribution in [0.5, 0.6) is 0 Å². The van der Waals surface area contributed by atoms with Gasteiger partial charge in [0.2, 0.25) is 6.41 Å². The third-order valence-corrected chi connectivity index (χ3v) is 1.33. The maximum absolute atomic E-state index is 11.4. The van der Waals surface area contributed by atoms with E-state index in [9.17, 15) is 9.59 Å². The summed E-state index contributed by atoms with van der Waals surface area (Å²) in [5.74, 6) is -0.438. The molecule has 0 rings (SSSR count). The highest BCUT2D eigenvalue weighted by Gasteiger charge is 2.31. The maximum Gasteiger partial charge on any atom is 0.331 e. The van der Waals surface area contributed by atoms with Crippen LogP contribution in [-0.2, 0) is 14.3 Å². The monoisotopic (exact) mass is 187 g/mol. The first kappa shape index (κ1) is 11.9. The maximum atomic E-state index is 11.4. The van der Waals surface area contributed by atoms with Gasteiger partial charge < -0.3 is 10.1 Å². The lowest BCUT2D eigenvalue weighted by molar-refractivity contribution is -0.162. The molecule has 0 saturated heterocycles. The lowest BCUT2D eigenvalue weighted by atomic mass is 10.1. The van der Waals surface area contributed by atoms with Gasteiger partial charge in [-0.3, -0.25) is 4.79 Å². The minimum absolute atomic E-state index is 0.438. The predicted octanol–water partition coefficient (Wildman–Crippen LogP) is 0.853. The summed E-state index contributed by atoms with van der Waals surface area (Å²) in [6.45, 7) is 8.52. The van der Waals surface area contributed by atoms with Crippen molar-refractivity contribution in [3.63, 3.8) is 0 Å². The summed E-state index contributed by atoms with van der Waals surface area (Å²) in [6.07, 6.45) is 0.490. The Balaban J connectivity index is 4.33. The predicted molar refractivity (Wildman–Crippen MR) is 49.1 cm³/mol. The van der Waals surface area contributed by atoms with Gasteiger partial charge in [-0.05, 0) is 34.6 Å². The minimum Gasteiger partial charge on any atom is -0.458 e. The van der Waals surface area contributed by atoms with Crippen LogP contribution >= 0.6 is 0 Å². The second-order valence-electron chi connectivity index (χ2n) is 4.39. The average molecular weight is 187 g/mol. The van der Waals surface area contributed by atoms with Crippen LogP contribution in [0, 0.1) is 0 Å². The van der Waals surface area contributed by atoms with E-state index in [1.807, 2.05) is 0 Å². The van der Waals surface area contributed by atoms with Gasteiger partial charge in [-0.15, -0.1) is 0 Å². The number of nitrogens with one attached hydrogen (secondary N) is 1. The SMILES string of the molecule is CC(C)(C)OC(=O)C(C)(C)NC=O. The van der Waals surface area contributed by atoms with E-state index in [0.717, 1.165) is 0 Å². The Labute approximate surface area is 78.6 Å². The number of carbonyl (C=O) groups excluding carboxylic acids is 2. The standard InChI is InChI=1S/C9H17NO3/c1-8(2,3)13-7(12)9(4,5)10-6-11/h6H,1-5H3,(H,10,11). The van der Waals surface area contributed by atoms with Gasteiger partial charge in [-0.2, -0.15) is 0 Å². The molecule has 0 heterocycles. The average Bonchev–Trinajstić information content (AvgIpc) is 1.82. The van der Waals surface area contributed by atoms with Crippen LogP contribution in [0.1, 0.15) is 34.6 Å². The largest absolute Gasteiger partial charge is 0.458 e. The lowest BCUT2D eigenvalue weighted by Gasteiger charge is -2.27. The number of rotatable bonds is 3. The molecule has 4 nitrogen and oxygen atoms in total. The molecule has 0 radical (unpaired) electrons. The van der Waals surface area contributed by atoms with Crippen LogP contribution in [0.3, 0.4) is 0 Å². The van der Waals surface area contributed by atoms with E-state index in [4.69, 9.17) is 4.74 Å². The first-order chi connectivity index (χ1) is 5.69. The van der Waals surface area contributed by atoms with Crippen LogP contribution in [0.2, 0.25) is 0 Å². The molecule has 0 aromatic heterocycles. The van der Waals surface area contributed by atoms with Crippen molar-refractivity contribution in [3.8, 4) is 0 Å². The lowest BCUT2D eigenvalue weighted by Crippen LogP contribution is -2.49. The van der Waals surface area contributed by atoms with E-state index in [1.54, 1.807) is 34.6 Å². The van der Waals surface area contributed by atoms with Crippen LogP contribution in [0.4, 0.5) is 0 Å². The fourth-order valence-electron chi connectivity index (χ4n) is 0.612. The molecular weight excluding hydrogens is 170 g/mol. The Hall–Kier alpha value is -1.06. The van der Waals surface area contributed by atoms with Crippen molar-refractivity contribution in [1.82, 2.24) is 5.32 Å². The van der Waals surface area contributed by atoms with Crippen LogP contribution in [0.25, 0.3) is 0 Å². The van der Waals surface area contributed by atoms with Crippen molar-refractivity contribution in [2.24, 2.45) is 0 Å². The zero-order valence-corrected chi connectivity index (χ0v) is 8.80. The molecule has 0 aliphatic heterocycles. The fourth-order valence-corrected chi connectivity index (χ4v) is 0.612. The van der Waals surface area contributed by atoms with E-state index < -0.39 is 17.1 Å². The third-order valence-electron chi connectivity index (χ3n) is 1.33. The normalized spacial score (nSPS) is 12.1. The van der Waals surface area contributed by atoms with Crippen LogP contribution < -0.4 is 5.32 Å². The molecular formula is C9H17NO3. The Morgan fingerprint density at radius 1 is 1.23 bits per heavy atom. The second-order valence-corrected chi connectivity index (χ2v) is 4.39. The van der Waals surface area contributed by atoms with Gasteiger partial charge in [0, 0.05) is 0 Å². The third kappa shape index (κ3) is 4.50. The van der Waals surface area contributed by atoms with Crippen molar-refractivity contribution in [1.29, 1.82) is 0 Å². The van der Waals surface area contributed by atoms with Crippen molar-refractivity contribution >= 4 is 12.4 Å². The van der Waals surface area contributed by atoms with E-state index in [-0.39, 0.29) is 0 Å². The van der Waals surface area contributed by atoms with Gasteiger partial charge in [0.1, 0.15) is 11.1 Å². The fraction of sp³-hybridized carbons (Fsp3) is 0.778. The molecule has 0 unspecified atom stereocenters. The highest BCUT2D eigenvalue weighted by atomic mass is 16.6. The second kappa shape index (κ2) is 3.77. The highest BCUT2D eigenvalue weighted by molar-refractivity contribution is 5.82. The number of hydrogen-bond donors (Lipinski definition) is 1. The number of amides is 1. The Bertz CT molecular complexity index is 203. The highest BCUT2D eigenvalue weighted by Crippen LogP contribution is 2.13. The molecule has 0 aliphatic rings. The molecule has 0 aromatic rings. The molecule has 1 amide bonds. The number of hydrogen-bond acceptors (Lipinski definition) is 3. The van der Waals surface area contributed by atoms with E-state index in [1.165, 1.54) is 0 Å². The van der Waals surface area contributed by atoms with Crippen molar-refractivity contribution in [3.05, 3.63) is 0 Å². The molecule has 1 N–H and O–H groups in total. The summed E-state index contributed by atoms with van der Waals surface area (Å²) in [5.41, 5.74) is -1.49. The first-order valence-corrected chi connectivity index (χ1v) is 4.14. The summed E-state index contributed by atoms with van der Waals surface area (Å²) in [6, 6.07) is 0. The minimum atomic E-state index is -0.963. The molecule has 0 aromatic carbocycles. The van der Waals surface area contributed by atoms with Gasteiger partial charge >= 0.3 is 5.97 Å². The van der Waals surface area contributed by atoms with Gasteiger partial charge in [0.05, 0.1) is 0 Å². The summed E-state index contributed by atoms with van der Waals surface area (Å²) < 4.78 is 5.09. The van der Waals surface area contributed by atoms with Crippen molar-refractivity contribution in [2.75, 3.05) is 0 Å². The molecule has 13 heavy (non-hydrogen) atoms. The molecule has 0 spiro atoms. The van der Waals surface area contributed by atoms with Crippen molar-refractivity contribution < 1.29 is 14.3 Å². The quantitative estimate of drug-likeness (QED) is 0.526. The van der Waals surface area contributed by atoms with Gasteiger partial charge in [0.15, 0.2) is 0 Å². The topological polar surface area (TPSA) is 55.4 Å². The van der Waals surface area contributed by atoms with Gasteiger partial charge in [-0.1, -0.05) is 0 Å². The Morgan fingerprint density at radius 3 is 2.00 bits per heavy atom. The summed E-state index contributed by atoms with van der Waals surface area (Å²) >= 11 is 0. The number of ether oxygens (including phenoxy) is 1. The number of esters is 1. The molecule has 0 saturated carbocycles. The van der Waals surface area contributed by atoms with Crippen molar-refractivity contribution in [2.45, 2.75) is 45.8 Å². The van der Waals surface area contributed by atoms with E-state index in [2.05, 4.69) is 5.32 Å². The van der Waals surface area contributed by atoms with Gasteiger partial charge in [0.25, 0.3) is 0 Å². The molecule has 76 valence electrons. The zero-order valence-electron chi connectivity index (χ0n) is 8.80. The van der Waals surface area contributed by atoms with E-state index >= 15 is 0 Å². The Kier molecular flexibility index (Phi) is 3.46. The van der Waals surface area contributed by atoms with Crippen LogP contribution in [-0.4, -0.2) is 23.5 Å². The molecule has 0 atom stereocenters.